The number of hydrogen-bond acceptors (Lipinski definition) is 7. The standard InChI is InChI=1S/C23H29N7O4/c1-15(2)34-22-20-21(24-14-25-22)28-17(27-20)13-30-12-8-9-16(23(30)33)26-18(31)10-6-5-7-11-19(32)29(3)4/h7-9,11-12,14-15H,5-6,10,13H2,1-4H3,(H,26,31)(H,24,25,27,28)/b11-7+. The maximum absolute atomic E-state index is 12.9. The minimum absolute atomic E-state index is 0.0716. The van der Waals surface area contributed by atoms with Gasteiger partial charge in [0.1, 0.15) is 17.8 Å². The summed E-state index contributed by atoms with van der Waals surface area (Å²) in [5.41, 5.74) is 0.840. The van der Waals surface area contributed by atoms with Crippen LogP contribution in [0.2, 0.25) is 0 Å². The van der Waals surface area contributed by atoms with Crippen LogP contribution in [0.3, 0.4) is 0 Å². The molecule has 0 bridgehead atoms. The van der Waals surface area contributed by atoms with Crippen LogP contribution in [0.4, 0.5) is 5.69 Å². The zero-order valence-electron chi connectivity index (χ0n) is 19.7. The minimum Gasteiger partial charge on any atom is -0.473 e. The fourth-order valence-electron chi connectivity index (χ4n) is 3.08. The second-order valence-corrected chi connectivity index (χ2v) is 8.16. The van der Waals surface area contributed by atoms with E-state index in [0.717, 1.165) is 0 Å². The number of anilines is 1. The molecular formula is C23H29N7O4. The maximum Gasteiger partial charge on any atom is 0.274 e. The number of pyridine rings is 1. The number of rotatable bonds is 10. The summed E-state index contributed by atoms with van der Waals surface area (Å²) in [6, 6.07) is 3.24. The molecule has 0 aliphatic heterocycles. The van der Waals surface area contributed by atoms with Crippen LogP contribution >= 0.6 is 0 Å². The molecule has 11 heteroatoms. The lowest BCUT2D eigenvalue weighted by atomic mass is 10.2. The molecular weight excluding hydrogens is 438 g/mol. The fourth-order valence-corrected chi connectivity index (χ4v) is 3.08. The number of H-pyrrole nitrogens is 1. The molecule has 3 aromatic heterocycles. The molecule has 0 spiro atoms. The van der Waals surface area contributed by atoms with Crippen molar-refractivity contribution in [3.63, 3.8) is 0 Å². The van der Waals surface area contributed by atoms with E-state index in [2.05, 4.69) is 25.3 Å². The highest BCUT2D eigenvalue weighted by atomic mass is 16.5. The van der Waals surface area contributed by atoms with Crippen LogP contribution < -0.4 is 15.6 Å². The van der Waals surface area contributed by atoms with Crippen molar-refractivity contribution in [1.29, 1.82) is 0 Å². The first-order valence-electron chi connectivity index (χ1n) is 11.0. The van der Waals surface area contributed by atoms with Crippen molar-refractivity contribution >= 4 is 28.7 Å². The van der Waals surface area contributed by atoms with Gasteiger partial charge >= 0.3 is 0 Å². The quantitative estimate of drug-likeness (QED) is 0.344. The van der Waals surface area contributed by atoms with E-state index >= 15 is 0 Å². The van der Waals surface area contributed by atoms with Crippen LogP contribution in [0.5, 0.6) is 5.88 Å². The van der Waals surface area contributed by atoms with Gasteiger partial charge in [-0.1, -0.05) is 6.08 Å². The molecule has 11 nitrogen and oxygen atoms in total. The Morgan fingerprint density at radius 2 is 2.09 bits per heavy atom. The Bertz CT molecular complexity index is 1240. The molecule has 0 aromatic carbocycles. The van der Waals surface area contributed by atoms with Gasteiger partial charge in [0.05, 0.1) is 12.6 Å². The molecule has 180 valence electrons. The molecule has 0 saturated carbocycles. The number of carbonyl (C=O) groups excluding carboxylic acids is 2. The zero-order chi connectivity index (χ0) is 24.7. The van der Waals surface area contributed by atoms with Gasteiger partial charge in [-0.3, -0.25) is 14.4 Å². The van der Waals surface area contributed by atoms with Crippen LogP contribution in [0.15, 0.2) is 41.6 Å². The van der Waals surface area contributed by atoms with E-state index in [1.807, 2.05) is 13.8 Å². The summed E-state index contributed by atoms with van der Waals surface area (Å²) in [5.74, 6) is 0.511. The first-order valence-corrected chi connectivity index (χ1v) is 11.0. The number of aromatic nitrogens is 5. The van der Waals surface area contributed by atoms with E-state index in [-0.39, 0.29) is 42.1 Å². The average molecular weight is 468 g/mol. The highest BCUT2D eigenvalue weighted by Gasteiger charge is 2.14. The maximum atomic E-state index is 12.9. The molecule has 0 atom stereocenters. The first-order chi connectivity index (χ1) is 16.2. The summed E-state index contributed by atoms with van der Waals surface area (Å²) in [6.07, 6.45) is 7.53. The van der Waals surface area contributed by atoms with Crippen LogP contribution in [0.1, 0.15) is 38.9 Å². The first kappa shape index (κ1) is 24.6. The number of amides is 2. The molecule has 3 rings (SSSR count). The molecule has 0 unspecified atom stereocenters. The third kappa shape index (κ3) is 6.50. The Morgan fingerprint density at radius 1 is 1.29 bits per heavy atom. The third-order valence-corrected chi connectivity index (χ3v) is 4.74. The SMILES string of the molecule is CC(C)Oc1ncnc2[nH]c(Cn3cccc(NC(=O)CCC/C=C/C(=O)N(C)C)c3=O)nc12. The molecule has 0 aliphatic carbocycles. The molecule has 3 aromatic rings. The van der Waals surface area contributed by atoms with E-state index in [1.54, 1.807) is 38.5 Å². The molecule has 0 radical (unpaired) electrons. The van der Waals surface area contributed by atoms with Gasteiger partial charge in [0.15, 0.2) is 11.2 Å². The van der Waals surface area contributed by atoms with Crippen molar-refractivity contribution in [2.45, 2.75) is 45.8 Å². The van der Waals surface area contributed by atoms with Gasteiger partial charge in [0, 0.05) is 26.7 Å². The van der Waals surface area contributed by atoms with Crippen LogP contribution in [-0.4, -0.2) is 61.4 Å². The minimum atomic E-state index is -0.350. The number of likely N-dealkylation sites (N-methyl/N-ethyl adjacent to an activating group) is 1. The van der Waals surface area contributed by atoms with Gasteiger partial charge < -0.3 is 24.5 Å². The summed E-state index contributed by atoms with van der Waals surface area (Å²) in [5, 5.41) is 2.67. The van der Waals surface area contributed by atoms with Gasteiger partial charge in [0.2, 0.25) is 17.7 Å². The number of nitrogens with zero attached hydrogens (tertiary/aromatic N) is 5. The Hall–Kier alpha value is -4.02. The van der Waals surface area contributed by atoms with E-state index < -0.39 is 0 Å². The largest absolute Gasteiger partial charge is 0.473 e. The number of carbonyl (C=O) groups is 2. The van der Waals surface area contributed by atoms with Gasteiger partial charge in [-0.25, -0.2) is 9.97 Å². The molecule has 0 aliphatic rings. The van der Waals surface area contributed by atoms with Gasteiger partial charge in [-0.15, -0.1) is 0 Å². The van der Waals surface area contributed by atoms with Crippen molar-refractivity contribution in [3.8, 4) is 5.88 Å². The van der Waals surface area contributed by atoms with Gasteiger partial charge in [0.25, 0.3) is 5.56 Å². The summed E-state index contributed by atoms with van der Waals surface area (Å²) in [7, 11) is 3.35. The molecule has 34 heavy (non-hydrogen) atoms. The molecule has 0 saturated heterocycles. The third-order valence-electron chi connectivity index (χ3n) is 4.74. The smallest absolute Gasteiger partial charge is 0.274 e. The number of allylic oxidation sites excluding steroid dienone is 1. The normalized spacial score (nSPS) is 11.3. The van der Waals surface area contributed by atoms with E-state index in [0.29, 0.717) is 35.7 Å². The van der Waals surface area contributed by atoms with Crippen molar-refractivity contribution in [2.24, 2.45) is 0 Å². The van der Waals surface area contributed by atoms with E-state index in [9.17, 15) is 14.4 Å². The fraction of sp³-hybridized carbons (Fsp3) is 0.391. The number of aromatic amines is 1. The van der Waals surface area contributed by atoms with E-state index in [1.165, 1.54) is 21.9 Å². The Kier molecular flexibility index (Phi) is 8.12. The number of unbranched alkanes of at least 4 members (excludes halogenated alkanes) is 1. The molecule has 0 fully saturated rings. The summed E-state index contributed by atoms with van der Waals surface area (Å²) < 4.78 is 7.12. The second kappa shape index (κ2) is 11.2. The summed E-state index contributed by atoms with van der Waals surface area (Å²) >= 11 is 0. The predicted octanol–water partition coefficient (Wildman–Crippen LogP) is 2.10. The number of nitrogens with one attached hydrogen (secondary N) is 2. The molecule has 3 heterocycles. The highest BCUT2D eigenvalue weighted by molar-refractivity contribution is 5.90. The second-order valence-electron chi connectivity index (χ2n) is 8.16. The Balaban J connectivity index is 1.63. The van der Waals surface area contributed by atoms with Crippen molar-refractivity contribution in [1.82, 2.24) is 29.4 Å². The number of fused-ring (bicyclic) bond motifs is 1. The van der Waals surface area contributed by atoms with Crippen LogP contribution in [0.25, 0.3) is 11.2 Å². The average Bonchev–Trinajstić information content (AvgIpc) is 3.19. The van der Waals surface area contributed by atoms with Crippen LogP contribution in [-0.2, 0) is 16.1 Å². The molecule has 2 amide bonds. The Morgan fingerprint density at radius 3 is 2.82 bits per heavy atom. The monoisotopic (exact) mass is 467 g/mol. The Labute approximate surface area is 196 Å². The lowest BCUT2D eigenvalue weighted by Crippen LogP contribution is -2.26. The van der Waals surface area contributed by atoms with Crippen molar-refractivity contribution < 1.29 is 14.3 Å². The number of hydrogen-bond donors (Lipinski definition) is 2. The summed E-state index contributed by atoms with van der Waals surface area (Å²) in [6.45, 7) is 3.94. The molecule has 2 N–H and O–H groups in total. The lowest BCUT2D eigenvalue weighted by molar-refractivity contribution is -0.123. The topological polar surface area (TPSA) is 135 Å². The number of ether oxygens (including phenoxy) is 1. The van der Waals surface area contributed by atoms with Gasteiger partial charge in [-0.05, 0) is 44.9 Å². The van der Waals surface area contributed by atoms with Crippen molar-refractivity contribution in [2.75, 3.05) is 19.4 Å². The summed E-state index contributed by atoms with van der Waals surface area (Å²) in [4.78, 5) is 54.0. The van der Waals surface area contributed by atoms with Crippen LogP contribution in [0, 0.1) is 0 Å². The van der Waals surface area contributed by atoms with Crippen molar-refractivity contribution in [3.05, 3.63) is 53.0 Å². The van der Waals surface area contributed by atoms with E-state index in [4.69, 9.17) is 4.74 Å². The zero-order valence-corrected chi connectivity index (χ0v) is 19.7. The lowest BCUT2D eigenvalue weighted by Gasteiger charge is -2.08. The number of imidazole rings is 1. The predicted molar refractivity (Wildman–Crippen MR) is 128 cm³/mol. The van der Waals surface area contributed by atoms with Gasteiger partial charge in [-0.2, -0.15) is 4.98 Å². The highest BCUT2D eigenvalue weighted by Crippen LogP contribution is 2.20.